The summed E-state index contributed by atoms with van der Waals surface area (Å²) >= 11 is 11.3. The van der Waals surface area contributed by atoms with Crippen molar-refractivity contribution in [1.29, 1.82) is 0 Å². The minimum absolute atomic E-state index is 0.0532. The fourth-order valence-corrected chi connectivity index (χ4v) is 1.49. The van der Waals surface area contributed by atoms with E-state index in [1.54, 1.807) is 0 Å². The van der Waals surface area contributed by atoms with Gasteiger partial charge in [0.2, 0.25) is 11.2 Å². The quantitative estimate of drug-likeness (QED) is 0.854. The van der Waals surface area contributed by atoms with Gasteiger partial charge in [0.1, 0.15) is 5.82 Å². The molecule has 82 valence electrons. The first kappa shape index (κ1) is 11.0. The Morgan fingerprint density at radius 1 is 1.12 bits per heavy atom. The van der Waals surface area contributed by atoms with E-state index in [0.29, 0.717) is 5.02 Å². The molecule has 2 aromatic rings. The molecular formula is C9H5Cl2FN4. The van der Waals surface area contributed by atoms with Gasteiger partial charge in [-0.3, -0.25) is 0 Å². The van der Waals surface area contributed by atoms with Gasteiger partial charge in [-0.05, 0) is 29.8 Å². The Morgan fingerprint density at radius 3 is 2.56 bits per heavy atom. The SMILES string of the molecule is Nc1nc(Cl)nc(-c2cc(Cl)ccc2F)n1. The standard InChI is InChI=1S/C9H5Cl2FN4/c10-4-1-2-6(12)5(3-4)7-14-8(11)16-9(13)15-7/h1-3H,(H2,13,14,15,16). The van der Waals surface area contributed by atoms with Crippen molar-refractivity contribution >= 4 is 29.2 Å². The third-order valence-corrected chi connectivity index (χ3v) is 2.20. The molecule has 0 fully saturated rings. The highest BCUT2D eigenvalue weighted by atomic mass is 35.5. The number of hydrogen-bond donors (Lipinski definition) is 1. The zero-order valence-corrected chi connectivity index (χ0v) is 9.30. The summed E-state index contributed by atoms with van der Waals surface area (Å²) in [5.74, 6) is -0.530. The first-order valence-electron chi connectivity index (χ1n) is 4.19. The Labute approximate surface area is 100 Å². The molecule has 0 aliphatic rings. The van der Waals surface area contributed by atoms with Crippen LogP contribution in [0.3, 0.4) is 0 Å². The van der Waals surface area contributed by atoms with E-state index >= 15 is 0 Å². The van der Waals surface area contributed by atoms with Crippen LogP contribution in [0, 0.1) is 5.82 Å². The summed E-state index contributed by atoms with van der Waals surface area (Å²) in [6, 6.07) is 4.03. The average molecular weight is 259 g/mol. The normalized spacial score (nSPS) is 10.4. The minimum atomic E-state index is -0.508. The number of nitrogens with zero attached hydrogens (tertiary/aromatic N) is 3. The first-order chi connectivity index (χ1) is 7.56. The van der Waals surface area contributed by atoms with E-state index in [2.05, 4.69) is 15.0 Å². The second kappa shape index (κ2) is 4.19. The first-order valence-corrected chi connectivity index (χ1v) is 4.94. The highest BCUT2D eigenvalue weighted by molar-refractivity contribution is 6.30. The maximum absolute atomic E-state index is 13.5. The van der Waals surface area contributed by atoms with Crippen molar-refractivity contribution in [3.63, 3.8) is 0 Å². The molecule has 16 heavy (non-hydrogen) atoms. The van der Waals surface area contributed by atoms with Crippen LogP contribution in [0.5, 0.6) is 0 Å². The fourth-order valence-electron chi connectivity index (χ4n) is 1.15. The number of nitrogen functional groups attached to an aromatic ring is 1. The molecule has 1 heterocycles. The van der Waals surface area contributed by atoms with Crippen LogP contribution in [0.1, 0.15) is 0 Å². The van der Waals surface area contributed by atoms with E-state index in [1.165, 1.54) is 18.2 Å². The van der Waals surface area contributed by atoms with Crippen molar-refractivity contribution in [2.45, 2.75) is 0 Å². The van der Waals surface area contributed by atoms with E-state index in [0.717, 1.165) is 0 Å². The molecule has 0 bridgehead atoms. The van der Waals surface area contributed by atoms with E-state index < -0.39 is 5.82 Å². The number of benzene rings is 1. The molecular weight excluding hydrogens is 254 g/mol. The molecule has 0 saturated carbocycles. The molecule has 1 aromatic heterocycles. The van der Waals surface area contributed by atoms with Crippen LogP contribution in [-0.4, -0.2) is 15.0 Å². The largest absolute Gasteiger partial charge is 0.368 e. The highest BCUT2D eigenvalue weighted by Crippen LogP contribution is 2.24. The number of halogens is 3. The number of rotatable bonds is 1. The molecule has 0 aliphatic heterocycles. The van der Waals surface area contributed by atoms with Gasteiger partial charge in [0.25, 0.3) is 0 Å². The van der Waals surface area contributed by atoms with Gasteiger partial charge in [-0.2, -0.15) is 15.0 Å². The third kappa shape index (κ3) is 2.20. The Morgan fingerprint density at radius 2 is 1.88 bits per heavy atom. The minimum Gasteiger partial charge on any atom is -0.368 e. The number of anilines is 1. The fraction of sp³-hybridized carbons (Fsp3) is 0. The van der Waals surface area contributed by atoms with Crippen molar-refractivity contribution in [3.05, 3.63) is 34.3 Å². The van der Waals surface area contributed by atoms with Crippen molar-refractivity contribution < 1.29 is 4.39 Å². The summed E-state index contributed by atoms with van der Waals surface area (Å²) in [5.41, 5.74) is 5.51. The van der Waals surface area contributed by atoms with Crippen molar-refractivity contribution in [3.8, 4) is 11.4 Å². The van der Waals surface area contributed by atoms with E-state index in [4.69, 9.17) is 28.9 Å². The molecule has 0 unspecified atom stereocenters. The molecule has 7 heteroatoms. The van der Waals surface area contributed by atoms with Gasteiger partial charge in [0, 0.05) is 5.02 Å². The molecule has 0 aliphatic carbocycles. The van der Waals surface area contributed by atoms with Gasteiger partial charge < -0.3 is 5.73 Å². The van der Waals surface area contributed by atoms with Gasteiger partial charge in [-0.25, -0.2) is 4.39 Å². The second-order valence-corrected chi connectivity index (χ2v) is 3.68. The summed E-state index contributed by atoms with van der Waals surface area (Å²) in [5, 5.41) is 0.272. The predicted molar refractivity (Wildman–Crippen MR) is 59.7 cm³/mol. The Balaban J connectivity index is 2.62. The third-order valence-electron chi connectivity index (χ3n) is 1.79. The molecule has 0 radical (unpaired) electrons. The van der Waals surface area contributed by atoms with Crippen LogP contribution in [-0.2, 0) is 0 Å². The van der Waals surface area contributed by atoms with Gasteiger partial charge in [0.15, 0.2) is 5.82 Å². The van der Waals surface area contributed by atoms with Gasteiger partial charge in [0.05, 0.1) is 5.56 Å². The average Bonchev–Trinajstić information content (AvgIpc) is 2.20. The lowest BCUT2D eigenvalue weighted by atomic mass is 10.2. The molecule has 0 amide bonds. The number of aromatic nitrogens is 3. The van der Waals surface area contributed by atoms with Crippen LogP contribution in [0.4, 0.5) is 10.3 Å². The Bertz CT molecular complexity index is 527. The van der Waals surface area contributed by atoms with Crippen LogP contribution >= 0.6 is 23.2 Å². The lowest BCUT2D eigenvalue weighted by molar-refractivity contribution is 0.630. The Hall–Kier alpha value is -1.46. The van der Waals surface area contributed by atoms with Crippen LogP contribution in [0.25, 0.3) is 11.4 Å². The summed E-state index contributed by atoms with van der Waals surface area (Å²) < 4.78 is 13.5. The zero-order chi connectivity index (χ0) is 11.7. The highest BCUT2D eigenvalue weighted by Gasteiger charge is 2.11. The van der Waals surface area contributed by atoms with Gasteiger partial charge in [-0.1, -0.05) is 11.6 Å². The Kier molecular flexibility index (Phi) is 2.89. The second-order valence-electron chi connectivity index (χ2n) is 2.91. The van der Waals surface area contributed by atoms with Crippen LogP contribution in [0.15, 0.2) is 18.2 Å². The summed E-state index contributed by atoms with van der Waals surface area (Å²) in [4.78, 5) is 11.1. The van der Waals surface area contributed by atoms with Crippen LogP contribution in [0.2, 0.25) is 10.3 Å². The molecule has 2 rings (SSSR count). The molecule has 0 atom stereocenters. The van der Waals surface area contributed by atoms with Gasteiger partial charge >= 0.3 is 0 Å². The maximum atomic E-state index is 13.5. The summed E-state index contributed by atoms with van der Waals surface area (Å²) in [6.07, 6.45) is 0. The topological polar surface area (TPSA) is 64.7 Å². The molecule has 4 nitrogen and oxygen atoms in total. The maximum Gasteiger partial charge on any atom is 0.227 e. The molecule has 0 saturated heterocycles. The lowest BCUT2D eigenvalue weighted by Crippen LogP contribution is -2.01. The van der Waals surface area contributed by atoms with Crippen molar-refractivity contribution in [2.24, 2.45) is 0 Å². The smallest absolute Gasteiger partial charge is 0.227 e. The summed E-state index contributed by atoms with van der Waals surface area (Å²) in [7, 11) is 0. The summed E-state index contributed by atoms with van der Waals surface area (Å²) in [6.45, 7) is 0. The number of hydrogen-bond acceptors (Lipinski definition) is 4. The van der Waals surface area contributed by atoms with Crippen molar-refractivity contribution in [2.75, 3.05) is 5.73 Å². The van der Waals surface area contributed by atoms with E-state index in [9.17, 15) is 4.39 Å². The van der Waals surface area contributed by atoms with Crippen molar-refractivity contribution in [1.82, 2.24) is 15.0 Å². The lowest BCUT2D eigenvalue weighted by Gasteiger charge is -2.03. The molecule has 2 N–H and O–H groups in total. The molecule has 1 aromatic carbocycles. The van der Waals surface area contributed by atoms with Crippen LogP contribution < -0.4 is 5.73 Å². The number of nitrogens with two attached hydrogens (primary N) is 1. The predicted octanol–water partition coefficient (Wildman–Crippen LogP) is 2.57. The van der Waals surface area contributed by atoms with E-state index in [1.807, 2.05) is 0 Å². The zero-order valence-electron chi connectivity index (χ0n) is 7.78. The van der Waals surface area contributed by atoms with E-state index in [-0.39, 0.29) is 22.6 Å². The van der Waals surface area contributed by atoms with Gasteiger partial charge in [-0.15, -0.1) is 0 Å². The monoisotopic (exact) mass is 258 g/mol. The molecule has 0 spiro atoms.